The number of thiophene rings is 1. The second-order valence-corrected chi connectivity index (χ2v) is 8.31. The van der Waals surface area contributed by atoms with Crippen molar-refractivity contribution in [2.75, 3.05) is 26.5 Å². The Balaban J connectivity index is 0.000000213. The molecule has 0 fully saturated rings. The van der Waals surface area contributed by atoms with Crippen molar-refractivity contribution >= 4 is 63.0 Å². The van der Waals surface area contributed by atoms with Crippen LogP contribution < -0.4 is 10.6 Å². The number of anilines is 1. The zero-order valence-electron chi connectivity index (χ0n) is 18.1. The molecule has 4 aromatic rings. The van der Waals surface area contributed by atoms with Crippen LogP contribution in [0.1, 0.15) is 26.4 Å². The molecule has 0 unspecified atom stereocenters. The minimum atomic E-state index is 0.529. The fourth-order valence-corrected chi connectivity index (χ4v) is 4.39. The predicted molar refractivity (Wildman–Crippen MR) is 135 cm³/mol. The summed E-state index contributed by atoms with van der Waals surface area (Å²) in [6, 6.07) is 10.8. The minimum Gasteiger partial charge on any atom is -0.387 e. The van der Waals surface area contributed by atoms with Gasteiger partial charge in [0.15, 0.2) is 18.4 Å². The molecule has 0 aliphatic rings. The van der Waals surface area contributed by atoms with E-state index in [4.69, 9.17) is 23.2 Å². The second-order valence-electron chi connectivity index (χ2n) is 6.57. The zero-order valence-corrected chi connectivity index (χ0v) is 20.5. The van der Waals surface area contributed by atoms with Gasteiger partial charge in [0.05, 0.1) is 10.7 Å². The molecule has 6 nitrogen and oxygen atoms in total. The van der Waals surface area contributed by atoms with Gasteiger partial charge in [0, 0.05) is 34.9 Å². The van der Waals surface area contributed by atoms with Crippen LogP contribution in [0.4, 0.5) is 5.69 Å². The molecule has 0 bridgehead atoms. The first-order chi connectivity index (χ1) is 15.4. The Bertz CT molecular complexity index is 1200. The standard InChI is InChI=1S/C12H7ClN2OS.C9H10ClNO.C2H7N/c13-10-2-1-4-14-11(10)15-9(7-16)6-8-3-5-17-12(8)15;1-6-3-8(10)4-7(5-12)9(6)11-2;1-3-2/h1-7H;3-5,11H,1-2H3;3H,1-2H3. The number of rotatable bonds is 4. The fraction of sp³-hybridized carbons (Fsp3) is 0.174. The van der Waals surface area contributed by atoms with E-state index in [1.807, 2.05) is 44.6 Å². The number of aryl methyl sites for hydroxylation is 1. The normalized spacial score (nSPS) is 9.94. The molecule has 0 aliphatic carbocycles. The molecule has 4 rings (SSSR count). The number of aldehydes is 2. The van der Waals surface area contributed by atoms with Crippen molar-refractivity contribution in [3.63, 3.8) is 0 Å². The lowest BCUT2D eigenvalue weighted by molar-refractivity contribution is 0.111. The molecule has 0 atom stereocenters. The highest BCUT2D eigenvalue weighted by Crippen LogP contribution is 2.30. The molecule has 0 amide bonds. The number of carbonyl (C=O) groups excluding carboxylic acids is 2. The number of aromatic nitrogens is 2. The van der Waals surface area contributed by atoms with Crippen LogP contribution in [-0.2, 0) is 0 Å². The molecular weight excluding hydrogens is 467 g/mol. The molecule has 2 N–H and O–H groups in total. The lowest BCUT2D eigenvalue weighted by Gasteiger charge is -2.07. The summed E-state index contributed by atoms with van der Waals surface area (Å²) < 4.78 is 1.79. The van der Waals surface area contributed by atoms with E-state index in [2.05, 4.69) is 15.6 Å². The third-order valence-corrected chi connectivity index (χ3v) is 5.65. The maximum atomic E-state index is 11.1. The number of nitrogens with zero attached hydrogens (tertiary/aromatic N) is 2. The molecule has 3 aromatic heterocycles. The molecule has 0 saturated carbocycles. The van der Waals surface area contributed by atoms with E-state index in [0.717, 1.165) is 34.0 Å². The first kappa shape index (κ1) is 25.5. The van der Waals surface area contributed by atoms with Crippen molar-refractivity contribution < 1.29 is 9.59 Å². The number of hydrogen-bond donors (Lipinski definition) is 2. The third kappa shape index (κ3) is 5.95. The van der Waals surface area contributed by atoms with E-state index < -0.39 is 0 Å². The van der Waals surface area contributed by atoms with Crippen LogP contribution >= 0.6 is 34.5 Å². The molecule has 0 spiro atoms. The summed E-state index contributed by atoms with van der Waals surface area (Å²) in [5, 5.41) is 9.83. The Morgan fingerprint density at radius 1 is 1.06 bits per heavy atom. The molecule has 0 saturated heterocycles. The van der Waals surface area contributed by atoms with Gasteiger partial charge in [-0.2, -0.15) is 0 Å². The van der Waals surface area contributed by atoms with Crippen LogP contribution in [0, 0.1) is 6.92 Å². The summed E-state index contributed by atoms with van der Waals surface area (Å²) in [7, 11) is 5.53. The van der Waals surface area contributed by atoms with E-state index in [-0.39, 0.29) is 0 Å². The molecular formula is C23H24Cl2N4O2S. The number of hydrogen-bond acceptors (Lipinski definition) is 6. The lowest BCUT2D eigenvalue weighted by atomic mass is 10.1. The Morgan fingerprint density at radius 3 is 2.38 bits per heavy atom. The second kappa shape index (κ2) is 12.4. The summed E-state index contributed by atoms with van der Waals surface area (Å²) >= 11 is 13.4. The quantitative estimate of drug-likeness (QED) is 0.348. The number of halogens is 2. The Hall–Kier alpha value is -2.71. The number of benzene rings is 1. The molecule has 1 aromatic carbocycles. The summed E-state index contributed by atoms with van der Waals surface area (Å²) in [6.07, 6.45) is 3.28. The van der Waals surface area contributed by atoms with E-state index >= 15 is 0 Å². The SMILES string of the molecule is CNC.CNc1c(C)cc(Cl)cc1C=O.O=Cc1cc2ccsc2n1-c1ncccc1Cl. The highest BCUT2D eigenvalue weighted by molar-refractivity contribution is 7.16. The van der Waals surface area contributed by atoms with E-state index in [1.54, 1.807) is 47.3 Å². The molecule has 9 heteroatoms. The lowest BCUT2D eigenvalue weighted by Crippen LogP contribution is -2.01. The van der Waals surface area contributed by atoms with Gasteiger partial charge in [0.1, 0.15) is 4.83 Å². The van der Waals surface area contributed by atoms with Gasteiger partial charge in [-0.05, 0) is 68.4 Å². The topological polar surface area (TPSA) is 76.0 Å². The highest BCUT2D eigenvalue weighted by atomic mass is 35.5. The smallest absolute Gasteiger partial charge is 0.166 e. The van der Waals surface area contributed by atoms with E-state index in [1.165, 1.54) is 0 Å². The molecule has 168 valence electrons. The monoisotopic (exact) mass is 490 g/mol. The van der Waals surface area contributed by atoms with Gasteiger partial charge in [-0.1, -0.05) is 23.2 Å². The van der Waals surface area contributed by atoms with Gasteiger partial charge in [0.25, 0.3) is 0 Å². The van der Waals surface area contributed by atoms with Crippen molar-refractivity contribution in [2.24, 2.45) is 0 Å². The molecule has 3 heterocycles. The zero-order chi connectivity index (χ0) is 23.7. The highest BCUT2D eigenvalue weighted by Gasteiger charge is 2.14. The van der Waals surface area contributed by atoms with Crippen LogP contribution in [0.3, 0.4) is 0 Å². The van der Waals surface area contributed by atoms with Crippen LogP contribution in [0.25, 0.3) is 16.0 Å². The number of carbonyl (C=O) groups is 2. The van der Waals surface area contributed by atoms with Crippen molar-refractivity contribution in [3.8, 4) is 5.82 Å². The molecule has 0 aliphatic heterocycles. The molecule has 0 radical (unpaired) electrons. The Morgan fingerprint density at radius 2 is 1.78 bits per heavy atom. The van der Waals surface area contributed by atoms with Gasteiger partial charge in [0.2, 0.25) is 0 Å². The van der Waals surface area contributed by atoms with Crippen LogP contribution in [0.15, 0.2) is 48.0 Å². The fourth-order valence-electron chi connectivity index (χ4n) is 2.99. The predicted octanol–water partition coefficient (Wildman–Crippen LogP) is 5.89. The van der Waals surface area contributed by atoms with Gasteiger partial charge in [-0.25, -0.2) is 4.98 Å². The summed E-state index contributed by atoms with van der Waals surface area (Å²) in [5.74, 6) is 0.591. The van der Waals surface area contributed by atoms with Gasteiger partial charge >= 0.3 is 0 Å². The van der Waals surface area contributed by atoms with Crippen LogP contribution in [0.2, 0.25) is 10.0 Å². The number of pyridine rings is 1. The van der Waals surface area contributed by atoms with Crippen molar-refractivity contribution in [2.45, 2.75) is 6.92 Å². The van der Waals surface area contributed by atoms with E-state index in [0.29, 0.717) is 27.1 Å². The Kier molecular flexibility index (Phi) is 9.87. The average Bonchev–Trinajstić information content (AvgIpc) is 3.36. The number of nitrogens with one attached hydrogen (secondary N) is 2. The van der Waals surface area contributed by atoms with Gasteiger partial charge < -0.3 is 10.6 Å². The minimum absolute atomic E-state index is 0.529. The van der Waals surface area contributed by atoms with Gasteiger partial charge in [-0.3, -0.25) is 14.2 Å². The van der Waals surface area contributed by atoms with Crippen molar-refractivity contribution in [3.05, 3.63) is 74.8 Å². The maximum Gasteiger partial charge on any atom is 0.166 e. The summed E-state index contributed by atoms with van der Waals surface area (Å²) in [6.45, 7) is 1.91. The van der Waals surface area contributed by atoms with Crippen LogP contribution in [-0.4, -0.2) is 43.3 Å². The summed E-state index contributed by atoms with van der Waals surface area (Å²) in [5.41, 5.74) is 2.98. The van der Waals surface area contributed by atoms with Crippen molar-refractivity contribution in [1.29, 1.82) is 0 Å². The third-order valence-electron chi connectivity index (χ3n) is 4.22. The van der Waals surface area contributed by atoms with Crippen molar-refractivity contribution in [1.82, 2.24) is 14.9 Å². The van der Waals surface area contributed by atoms with Crippen LogP contribution in [0.5, 0.6) is 0 Å². The number of fused-ring (bicyclic) bond motifs is 1. The average molecular weight is 491 g/mol. The maximum absolute atomic E-state index is 11.1. The molecule has 32 heavy (non-hydrogen) atoms. The first-order valence-corrected chi connectivity index (χ1v) is 11.2. The summed E-state index contributed by atoms with van der Waals surface area (Å²) in [4.78, 5) is 26.9. The van der Waals surface area contributed by atoms with Gasteiger partial charge in [-0.15, -0.1) is 11.3 Å². The van der Waals surface area contributed by atoms with E-state index in [9.17, 15) is 9.59 Å². The Labute approximate surface area is 201 Å². The largest absolute Gasteiger partial charge is 0.387 e. The first-order valence-electron chi connectivity index (χ1n) is 9.58.